The zero-order chi connectivity index (χ0) is 12.0. The first-order chi connectivity index (χ1) is 7.66. The van der Waals surface area contributed by atoms with Crippen molar-refractivity contribution in [2.45, 2.75) is 12.8 Å². The molecule has 0 aliphatic heterocycles. The van der Waals surface area contributed by atoms with Crippen molar-refractivity contribution >= 4 is 17.5 Å². The van der Waals surface area contributed by atoms with Gasteiger partial charge < -0.3 is 5.32 Å². The van der Waals surface area contributed by atoms with Gasteiger partial charge in [0.05, 0.1) is 5.56 Å². The van der Waals surface area contributed by atoms with Gasteiger partial charge in [-0.05, 0) is 25.0 Å². The van der Waals surface area contributed by atoms with E-state index < -0.39 is 17.5 Å². The topological polar surface area (TPSA) is 29.1 Å². The fourth-order valence-corrected chi connectivity index (χ4v) is 1.38. The summed E-state index contributed by atoms with van der Waals surface area (Å²) in [5.74, 6) is -2.22. The van der Waals surface area contributed by atoms with Crippen LogP contribution in [0.3, 0.4) is 0 Å². The Balaban J connectivity index is 2.56. The summed E-state index contributed by atoms with van der Waals surface area (Å²) in [5.41, 5.74) is -0.272. The van der Waals surface area contributed by atoms with Crippen molar-refractivity contribution in [3.05, 3.63) is 35.4 Å². The highest BCUT2D eigenvalue weighted by atomic mass is 35.5. The monoisotopic (exact) mass is 247 g/mol. The Morgan fingerprint density at radius 1 is 1.31 bits per heavy atom. The molecule has 1 rings (SSSR count). The largest absolute Gasteiger partial charge is 0.352 e. The summed E-state index contributed by atoms with van der Waals surface area (Å²) in [6.07, 6.45) is 1.49. The molecular formula is C11H12ClF2NO. The van der Waals surface area contributed by atoms with E-state index in [9.17, 15) is 13.6 Å². The van der Waals surface area contributed by atoms with Crippen molar-refractivity contribution in [1.82, 2.24) is 5.32 Å². The van der Waals surface area contributed by atoms with E-state index in [1.54, 1.807) is 0 Å². The summed E-state index contributed by atoms with van der Waals surface area (Å²) >= 11 is 5.46. The summed E-state index contributed by atoms with van der Waals surface area (Å²) in [4.78, 5) is 11.4. The lowest BCUT2D eigenvalue weighted by Gasteiger charge is -2.05. The second kappa shape index (κ2) is 6.43. The maximum Gasteiger partial charge on any atom is 0.254 e. The van der Waals surface area contributed by atoms with Crippen molar-refractivity contribution in [1.29, 1.82) is 0 Å². The third-order valence-corrected chi connectivity index (χ3v) is 2.31. The minimum absolute atomic E-state index is 0.272. The summed E-state index contributed by atoms with van der Waals surface area (Å²) in [6, 6.07) is 3.51. The molecule has 88 valence electrons. The number of amides is 1. The fraction of sp³-hybridized carbons (Fsp3) is 0.364. The Morgan fingerprint density at radius 3 is 2.75 bits per heavy atom. The molecule has 1 aromatic rings. The smallest absolute Gasteiger partial charge is 0.254 e. The maximum absolute atomic E-state index is 13.2. The van der Waals surface area contributed by atoms with Crippen LogP contribution in [-0.4, -0.2) is 18.3 Å². The second-order valence-corrected chi connectivity index (χ2v) is 3.63. The number of carbonyl (C=O) groups is 1. The molecular weight excluding hydrogens is 236 g/mol. The van der Waals surface area contributed by atoms with Gasteiger partial charge in [0.2, 0.25) is 0 Å². The molecule has 1 amide bonds. The van der Waals surface area contributed by atoms with Crippen LogP contribution in [0.4, 0.5) is 8.78 Å². The van der Waals surface area contributed by atoms with Crippen LogP contribution in [0.25, 0.3) is 0 Å². The van der Waals surface area contributed by atoms with Gasteiger partial charge in [-0.2, -0.15) is 0 Å². The lowest BCUT2D eigenvalue weighted by Crippen LogP contribution is -2.25. The Morgan fingerprint density at radius 2 is 2.06 bits per heavy atom. The molecule has 0 spiro atoms. The van der Waals surface area contributed by atoms with Crippen molar-refractivity contribution in [3.8, 4) is 0 Å². The van der Waals surface area contributed by atoms with E-state index in [1.807, 2.05) is 0 Å². The summed E-state index contributed by atoms with van der Waals surface area (Å²) < 4.78 is 26.0. The van der Waals surface area contributed by atoms with E-state index in [0.29, 0.717) is 18.8 Å². The number of nitrogens with one attached hydrogen (secondary N) is 1. The molecule has 0 unspecified atom stereocenters. The molecule has 1 aromatic carbocycles. The zero-order valence-corrected chi connectivity index (χ0v) is 9.36. The van der Waals surface area contributed by atoms with E-state index in [4.69, 9.17) is 11.6 Å². The standard InChI is InChI=1S/C11H12ClF2NO/c12-6-1-2-7-15-11(16)8-4-3-5-9(13)10(8)14/h3-5H,1-2,6-7H2,(H,15,16). The van der Waals surface area contributed by atoms with Gasteiger partial charge in [-0.1, -0.05) is 6.07 Å². The minimum atomic E-state index is -1.11. The first kappa shape index (κ1) is 12.9. The van der Waals surface area contributed by atoms with Crippen LogP contribution in [0.1, 0.15) is 23.2 Å². The van der Waals surface area contributed by atoms with E-state index in [0.717, 1.165) is 12.5 Å². The van der Waals surface area contributed by atoms with Crippen molar-refractivity contribution in [2.24, 2.45) is 0 Å². The van der Waals surface area contributed by atoms with Gasteiger partial charge in [0, 0.05) is 12.4 Å². The van der Waals surface area contributed by atoms with Crippen molar-refractivity contribution in [3.63, 3.8) is 0 Å². The quantitative estimate of drug-likeness (QED) is 0.629. The molecule has 0 saturated heterocycles. The van der Waals surface area contributed by atoms with Crippen LogP contribution in [0.2, 0.25) is 0 Å². The number of alkyl halides is 1. The van der Waals surface area contributed by atoms with Gasteiger partial charge in [-0.15, -0.1) is 11.6 Å². The van der Waals surface area contributed by atoms with Gasteiger partial charge >= 0.3 is 0 Å². The molecule has 0 bridgehead atoms. The molecule has 0 heterocycles. The van der Waals surface area contributed by atoms with Crippen LogP contribution >= 0.6 is 11.6 Å². The average molecular weight is 248 g/mol. The predicted octanol–water partition coefficient (Wildman–Crippen LogP) is 2.71. The van der Waals surface area contributed by atoms with Crippen LogP contribution < -0.4 is 5.32 Å². The molecule has 0 fully saturated rings. The Bertz CT molecular complexity index is 371. The van der Waals surface area contributed by atoms with Gasteiger partial charge in [0.25, 0.3) is 5.91 Å². The summed E-state index contributed by atoms with van der Waals surface area (Å²) in [7, 11) is 0. The lowest BCUT2D eigenvalue weighted by molar-refractivity contribution is 0.0948. The van der Waals surface area contributed by atoms with Gasteiger partial charge in [-0.3, -0.25) is 4.79 Å². The fourth-order valence-electron chi connectivity index (χ4n) is 1.20. The molecule has 5 heteroatoms. The molecule has 16 heavy (non-hydrogen) atoms. The molecule has 0 radical (unpaired) electrons. The van der Waals surface area contributed by atoms with E-state index in [2.05, 4.69) is 5.32 Å². The number of unbranched alkanes of at least 4 members (excludes halogenated alkanes) is 1. The maximum atomic E-state index is 13.2. The van der Waals surface area contributed by atoms with E-state index in [1.165, 1.54) is 12.1 Å². The summed E-state index contributed by atoms with van der Waals surface area (Å²) in [6.45, 7) is 0.404. The molecule has 2 nitrogen and oxygen atoms in total. The highest BCUT2D eigenvalue weighted by Crippen LogP contribution is 2.10. The van der Waals surface area contributed by atoms with Crippen LogP contribution in [-0.2, 0) is 0 Å². The third-order valence-electron chi connectivity index (χ3n) is 2.04. The first-order valence-corrected chi connectivity index (χ1v) is 5.48. The minimum Gasteiger partial charge on any atom is -0.352 e. The number of hydrogen-bond donors (Lipinski definition) is 1. The van der Waals surface area contributed by atoms with Crippen molar-refractivity contribution < 1.29 is 13.6 Å². The highest BCUT2D eigenvalue weighted by molar-refractivity contribution is 6.17. The number of hydrogen-bond acceptors (Lipinski definition) is 1. The van der Waals surface area contributed by atoms with Crippen LogP contribution in [0.15, 0.2) is 18.2 Å². The number of rotatable bonds is 5. The third kappa shape index (κ3) is 3.45. The van der Waals surface area contributed by atoms with Gasteiger partial charge in [-0.25, -0.2) is 8.78 Å². The molecule has 0 saturated carbocycles. The number of carbonyl (C=O) groups excluding carboxylic acids is 1. The Labute approximate surface area is 97.6 Å². The molecule has 1 N–H and O–H groups in total. The van der Waals surface area contributed by atoms with Crippen molar-refractivity contribution in [2.75, 3.05) is 12.4 Å². The van der Waals surface area contributed by atoms with Crippen LogP contribution in [0.5, 0.6) is 0 Å². The lowest BCUT2D eigenvalue weighted by atomic mass is 10.2. The SMILES string of the molecule is O=C(NCCCCCl)c1cccc(F)c1F. The molecule has 0 aliphatic carbocycles. The molecule has 0 atom stereocenters. The number of halogens is 3. The first-order valence-electron chi connectivity index (χ1n) is 4.95. The normalized spacial score (nSPS) is 10.2. The number of benzene rings is 1. The second-order valence-electron chi connectivity index (χ2n) is 3.25. The molecule has 0 aliphatic rings. The average Bonchev–Trinajstić information content (AvgIpc) is 2.28. The Hall–Kier alpha value is -1.16. The molecule has 0 aromatic heterocycles. The van der Waals surface area contributed by atoms with E-state index >= 15 is 0 Å². The van der Waals surface area contributed by atoms with E-state index in [-0.39, 0.29) is 5.56 Å². The zero-order valence-electron chi connectivity index (χ0n) is 8.60. The Kier molecular flexibility index (Phi) is 5.19. The predicted molar refractivity (Wildman–Crippen MR) is 58.6 cm³/mol. The van der Waals surface area contributed by atoms with Gasteiger partial charge in [0.15, 0.2) is 11.6 Å². The van der Waals surface area contributed by atoms with Crippen LogP contribution in [0, 0.1) is 11.6 Å². The highest BCUT2D eigenvalue weighted by Gasteiger charge is 2.13. The van der Waals surface area contributed by atoms with Gasteiger partial charge in [0.1, 0.15) is 0 Å². The summed E-state index contributed by atoms with van der Waals surface area (Å²) in [5, 5.41) is 2.50.